The van der Waals surface area contributed by atoms with Crippen LogP contribution in [0.5, 0.6) is 0 Å². The first-order valence-electron chi connectivity index (χ1n) is 6.51. The van der Waals surface area contributed by atoms with E-state index in [1.165, 1.54) is 10.4 Å². The fourth-order valence-corrected chi connectivity index (χ4v) is 3.85. The minimum atomic E-state index is 0.309. The molecule has 0 aliphatic heterocycles. The van der Waals surface area contributed by atoms with Crippen molar-refractivity contribution in [1.29, 1.82) is 0 Å². The molecule has 0 spiro atoms. The van der Waals surface area contributed by atoms with Gasteiger partial charge in [-0.3, -0.25) is 0 Å². The highest BCUT2D eigenvalue weighted by atomic mass is 79.9. The van der Waals surface area contributed by atoms with Crippen molar-refractivity contribution in [3.63, 3.8) is 0 Å². The molecule has 5 heteroatoms. The van der Waals surface area contributed by atoms with Crippen LogP contribution in [0.1, 0.15) is 29.8 Å². The summed E-state index contributed by atoms with van der Waals surface area (Å²) in [5.41, 5.74) is 1.19. The predicted molar refractivity (Wildman–Crippen MR) is 93.2 cm³/mol. The third-order valence-corrected chi connectivity index (χ3v) is 5.54. The Morgan fingerprint density at radius 2 is 2.05 bits per heavy atom. The molecule has 1 nitrogen and oxygen atoms in total. The van der Waals surface area contributed by atoms with Crippen LogP contribution < -0.4 is 5.32 Å². The molecular formula is C15H16BrCl2NS. The standard InChI is InChI=1S/C15H16BrCl2NS/c1-2-5-19-14(15-8-11(16)9-20-15)7-10-3-4-12(17)13(18)6-10/h3-4,6,8-9,14,19H,2,5,7H2,1H3. The van der Waals surface area contributed by atoms with E-state index in [1.54, 1.807) is 11.3 Å². The van der Waals surface area contributed by atoms with Gasteiger partial charge in [0.15, 0.2) is 0 Å². The molecule has 1 aromatic carbocycles. The van der Waals surface area contributed by atoms with E-state index in [9.17, 15) is 0 Å². The summed E-state index contributed by atoms with van der Waals surface area (Å²) in [4.78, 5) is 1.33. The van der Waals surface area contributed by atoms with E-state index in [4.69, 9.17) is 23.2 Å². The Morgan fingerprint density at radius 3 is 2.65 bits per heavy atom. The second-order valence-electron chi connectivity index (χ2n) is 4.63. The van der Waals surface area contributed by atoms with Crippen molar-refractivity contribution in [3.05, 3.63) is 54.6 Å². The van der Waals surface area contributed by atoms with E-state index in [2.05, 4.69) is 39.6 Å². The van der Waals surface area contributed by atoms with Crippen molar-refractivity contribution >= 4 is 50.5 Å². The van der Waals surface area contributed by atoms with Gasteiger partial charge in [-0.15, -0.1) is 11.3 Å². The van der Waals surface area contributed by atoms with Crippen molar-refractivity contribution in [2.75, 3.05) is 6.54 Å². The summed E-state index contributed by atoms with van der Waals surface area (Å²) in [5, 5.41) is 6.93. The van der Waals surface area contributed by atoms with Gasteiger partial charge in [0.2, 0.25) is 0 Å². The SMILES string of the molecule is CCCNC(Cc1ccc(Cl)c(Cl)c1)c1cc(Br)cs1. The highest BCUT2D eigenvalue weighted by Crippen LogP contribution is 2.30. The molecule has 2 rings (SSSR count). The molecule has 2 aromatic rings. The number of hydrogen-bond donors (Lipinski definition) is 1. The molecule has 108 valence electrons. The summed E-state index contributed by atoms with van der Waals surface area (Å²) < 4.78 is 1.13. The molecule has 0 aliphatic carbocycles. The van der Waals surface area contributed by atoms with Crippen LogP contribution in [0.3, 0.4) is 0 Å². The zero-order valence-corrected chi connectivity index (χ0v) is 15.0. The topological polar surface area (TPSA) is 12.0 Å². The summed E-state index contributed by atoms with van der Waals surface area (Å²) in [6.07, 6.45) is 2.02. The maximum absolute atomic E-state index is 6.09. The molecule has 0 saturated carbocycles. The second kappa shape index (κ2) is 7.81. The summed E-state index contributed by atoms with van der Waals surface area (Å²) in [7, 11) is 0. The number of halogens is 3. The third-order valence-electron chi connectivity index (χ3n) is 3.00. The highest BCUT2D eigenvalue weighted by Gasteiger charge is 2.14. The Bertz CT molecular complexity index is 571. The van der Waals surface area contributed by atoms with E-state index >= 15 is 0 Å². The van der Waals surface area contributed by atoms with Gasteiger partial charge in [-0.1, -0.05) is 36.2 Å². The van der Waals surface area contributed by atoms with E-state index in [0.29, 0.717) is 16.1 Å². The lowest BCUT2D eigenvalue weighted by atomic mass is 10.0. The van der Waals surface area contributed by atoms with Gasteiger partial charge in [0, 0.05) is 20.8 Å². The van der Waals surface area contributed by atoms with Crippen LogP contribution >= 0.6 is 50.5 Å². The summed E-state index contributed by atoms with van der Waals surface area (Å²) in [6.45, 7) is 3.18. The number of nitrogens with one attached hydrogen (secondary N) is 1. The first-order chi connectivity index (χ1) is 9.60. The molecule has 0 fully saturated rings. The average Bonchev–Trinajstić information content (AvgIpc) is 2.85. The van der Waals surface area contributed by atoms with Gasteiger partial charge in [-0.25, -0.2) is 0 Å². The summed E-state index contributed by atoms with van der Waals surface area (Å²) >= 11 is 17.3. The van der Waals surface area contributed by atoms with Crippen molar-refractivity contribution in [2.45, 2.75) is 25.8 Å². The van der Waals surface area contributed by atoms with Crippen molar-refractivity contribution in [1.82, 2.24) is 5.32 Å². The van der Waals surface area contributed by atoms with Gasteiger partial charge in [-0.05, 0) is 59.1 Å². The van der Waals surface area contributed by atoms with Crippen LogP contribution in [0.15, 0.2) is 34.1 Å². The first kappa shape index (κ1) is 16.3. The minimum Gasteiger partial charge on any atom is -0.309 e. The van der Waals surface area contributed by atoms with Crippen LogP contribution in [0, 0.1) is 0 Å². The Morgan fingerprint density at radius 1 is 1.25 bits per heavy atom. The van der Waals surface area contributed by atoms with Crippen molar-refractivity contribution in [2.24, 2.45) is 0 Å². The van der Waals surface area contributed by atoms with E-state index < -0.39 is 0 Å². The van der Waals surface area contributed by atoms with E-state index in [-0.39, 0.29) is 0 Å². The van der Waals surface area contributed by atoms with Crippen LogP contribution in [0.4, 0.5) is 0 Å². The van der Waals surface area contributed by atoms with Crippen molar-refractivity contribution in [3.8, 4) is 0 Å². The predicted octanol–water partition coefficient (Wildman–Crippen LogP) is 6.10. The lowest BCUT2D eigenvalue weighted by Gasteiger charge is -2.17. The van der Waals surface area contributed by atoms with Crippen LogP contribution in [0.2, 0.25) is 10.0 Å². The van der Waals surface area contributed by atoms with Gasteiger partial charge in [0.05, 0.1) is 10.0 Å². The molecule has 1 atom stereocenters. The van der Waals surface area contributed by atoms with Crippen LogP contribution in [-0.4, -0.2) is 6.54 Å². The van der Waals surface area contributed by atoms with Gasteiger partial charge < -0.3 is 5.32 Å². The minimum absolute atomic E-state index is 0.309. The summed E-state index contributed by atoms with van der Waals surface area (Å²) in [5.74, 6) is 0. The number of benzene rings is 1. The molecule has 0 saturated heterocycles. The van der Waals surface area contributed by atoms with E-state index in [1.807, 2.05) is 18.2 Å². The fourth-order valence-electron chi connectivity index (χ4n) is 2.01. The smallest absolute Gasteiger partial charge is 0.0595 e. The Balaban J connectivity index is 2.16. The van der Waals surface area contributed by atoms with Gasteiger partial charge in [-0.2, -0.15) is 0 Å². The number of rotatable bonds is 6. The monoisotopic (exact) mass is 391 g/mol. The van der Waals surface area contributed by atoms with Gasteiger partial charge in [0.1, 0.15) is 0 Å². The maximum atomic E-state index is 6.09. The lowest BCUT2D eigenvalue weighted by molar-refractivity contribution is 0.536. The van der Waals surface area contributed by atoms with Gasteiger partial charge in [0.25, 0.3) is 0 Å². The third kappa shape index (κ3) is 4.47. The molecule has 0 radical (unpaired) electrons. The Labute approximate surface area is 142 Å². The van der Waals surface area contributed by atoms with Crippen molar-refractivity contribution < 1.29 is 0 Å². The van der Waals surface area contributed by atoms with Crippen LogP contribution in [-0.2, 0) is 6.42 Å². The maximum Gasteiger partial charge on any atom is 0.0595 e. The average molecular weight is 393 g/mol. The Kier molecular flexibility index (Phi) is 6.37. The molecule has 1 unspecified atom stereocenters. The molecule has 0 bridgehead atoms. The number of hydrogen-bond acceptors (Lipinski definition) is 2. The summed E-state index contributed by atoms with van der Waals surface area (Å²) in [6, 6.07) is 8.34. The lowest BCUT2D eigenvalue weighted by Crippen LogP contribution is -2.23. The Hall–Kier alpha value is -0.0600. The largest absolute Gasteiger partial charge is 0.309 e. The fraction of sp³-hybridized carbons (Fsp3) is 0.333. The molecule has 1 heterocycles. The molecule has 0 aliphatic rings. The molecule has 0 amide bonds. The molecule has 1 N–H and O–H groups in total. The molecular weight excluding hydrogens is 377 g/mol. The zero-order valence-electron chi connectivity index (χ0n) is 11.1. The quantitative estimate of drug-likeness (QED) is 0.625. The molecule has 1 aromatic heterocycles. The van der Waals surface area contributed by atoms with E-state index in [0.717, 1.165) is 23.9 Å². The zero-order chi connectivity index (χ0) is 14.5. The highest BCUT2D eigenvalue weighted by molar-refractivity contribution is 9.10. The van der Waals surface area contributed by atoms with Crippen LogP contribution in [0.25, 0.3) is 0 Å². The first-order valence-corrected chi connectivity index (χ1v) is 8.94. The second-order valence-corrected chi connectivity index (χ2v) is 7.30. The molecule has 20 heavy (non-hydrogen) atoms. The number of thiophene rings is 1. The van der Waals surface area contributed by atoms with Gasteiger partial charge >= 0.3 is 0 Å². The normalized spacial score (nSPS) is 12.6.